The van der Waals surface area contributed by atoms with Crippen molar-refractivity contribution in [1.82, 2.24) is 9.03 Å². The van der Waals surface area contributed by atoms with Crippen molar-refractivity contribution in [2.24, 2.45) is 5.92 Å². The number of rotatable bonds is 3. The zero-order chi connectivity index (χ0) is 14.5. The van der Waals surface area contributed by atoms with E-state index >= 15 is 0 Å². The van der Waals surface area contributed by atoms with E-state index in [1.54, 1.807) is 6.92 Å². The van der Waals surface area contributed by atoms with Crippen LogP contribution in [0, 0.1) is 17.8 Å². The first-order valence-corrected chi connectivity index (χ1v) is 7.62. The number of nitrogens with zero attached hydrogens (tertiary/aromatic N) is 1. The van der Waals surface area contributed by atoms with Crippen LogP contribution in [-0.2, 0) is 19.8 Å². The molecule has 0 aromatic rings. The molecule has 0 aromatic carbocycles. The highest BCUT2D eigenvalue weighted by Crippen LogP contribution is 2.18. The first-order chi connectivity index (χ1) is 8.85. The Labute approximate surface area is 113 Å². The molecule has 1 fully saturated rings. The third-order valence-corrected chi connectivity index (χ3v) is 4.39. The highest BCUT2D eigenvalue weighted by atomic mass is 32.2. The summed E-state index contributed by atoms with van der Waals surface area (Å²) < 4.78 is 26.6. The molecule has 0 radical (unpaired) electrons. The van der Waals surface area contributed by atoms with E-state index in [0.717, 1.165) is 6.92 Å². The molecule has 1 heterocycles. The maximum Gasteiger partial charge on any atom is 0.303 e. The van der Waals surface area contributed by atoms with Gasteiger partial charge in [-0.05, 0) is 18.8 Å². The Hall–Kier alpha value is -1.39. The Morgan fingerprint density at radius 3 is 2.37 bits per heavy atom. The summed E-state index contributed by atoms with van der Waals surface area (Å²) in [6.45, 7) is 3.52. The first kappa shape index (κ1) is 15.7. The van der Waals surface area contributed by atoms with Gasteiger partial charge in [0.05, 0.1) is 0 Å². The van der Waals surface area contributed by atoms with Crippen molar-refractivity contribution in [2.45, 2.75) is 33.1 Å². The molecule has 1 N–H and O–H groups in total. The third kappa shape index (κ3) is 5.01. The predicted molar refractivity (Wildman–Crippen MR) is 70.1 cm³/mol. The van der Waals surface area contributed by atoms with Gasteiger partial charge in [-0.15, -0.1) is 0 Å². The Kier molecular flexibility index (Phi) is 5.51. The smallest absolute Gasteiger partial charge is 0.285 e. The van der Waals surface area contributed by atoms with E-state index in [-0.39, 0.29) is 11.7 Å². The molecular formula is C12H18N2O4S. The van der Waals surface area contributed by atoms with Gasteiger partial charge in [0.25, 0.3) is 0 Å². The molecule has 1 aliphatic heterocycles. The van der Waals surface area contributed by atoms with E-state index in [2.05, 4.69) is 11.8 Å². The molecule has 1 saturated heterocycles. The summed E-state index contributed by atoms with van der Waals surface area (Å²) in [5, 5.41) is 0. The zero-order valence-corrected chi connectivity index (χ0v) is 11.9. The molecule has 0 aliphatic carbocycles. The summed E-state index contributed by atoms with van der Waals surface area (Å²) in [6, 6.07) is 0. The highest BCUT2D eigenvalue weighted by molar-refractivity contribution is 7.87. The van der Waals surface area contributed by atoms with Crippen molar-refractivity contribution < 1.29 is 18.0 Å². The Morgan fingerprint density at radius 2 is 1.89 bits per heavy atom. The minimum atomic E-state index is -3.72. The number of hydrogen-bond acceptors (Lipinski definition) is 4. The lowest BCUT2D eigenvalue weighted by atomic mass is 9.99. The molecule has 0 unspecified atom stereocenters. The molecule has 1 amide bonds. The fraction of sp³-hybridized carbons (Fsp3) is 0.667. The normalized spacial score (nSPS) is 17.4. The Bertz CT molecular complexity index is 508. The number of amides is 1. The van der Waals surface area contributed by atoms with Crippen LogP contribution in [-0.4, -0.2) is 37.5 Å². The van der Waals surface area contributed by atoms with Gasteiger partial charge in [-0.2, -0.15) is 12.7 Å². The molecular weight excluding hydrogens is 268 g/mol. The maximum absolute atomic E-state index is 11.7. The van der Waals surface area contributed by atoms with Crippen molar-refractivity contribution in [1.29, 1.82) is 0 Å². The fourth-order valence-corrected chi connectivity index (χ4v) is 2.94. The second-order valence-electron chi connectivity index (χ2n) is 4.38. The average molecular weight is 286 g/mol. The third-order valence-electron chi connectivity index (χ3n) is 2.80. The number of nitrogens with one attached hydrogen (secondary N) is 1. The van der Waals surface area contributed by atoms with Crippen LogP contribution < -0.4 is 4.72 Å². The van der Waals surface area contributed by atoms with Crippen LogP contribution in [0.5, 0.6) is 0 Å². The summed E-state index contributed by atoms with van der Waals surface area (Å²) in [5.41, 5.74) is 0. The standard InChI is InChI=1S/C12H18N2O4S/c1-3-12(16)5-4-11-6-8-14(9-7-11)19(17,18)13-10(2)15/h11H,3,6-9H2,1-2H3,(H,13,15). The van der Waals surface area contributed by atoms with Crippen LogP contribution in [0.2, 0.25) is 0 Å². The van der Waals surface area contributed by atoms with Gasteiger partial charge in [-0.1, -0.05) is 12.8 Å². The first-order valence-electron chi connectivity index (χ1n) is 6.18. The van der Waals surface area contributed by atoms with Gasteiger partial charge in [0.1, 0.15) is 0 Å². The van der Waals surface area contributed by atoms with Gasteiger partial charge in [-0.3, -0.25) is 9.59 Å². The topological polar surface area (TPSA) is 83.6 Å². The quantitative estimate of drug-likeness (QED) is 0.587. The van der Waals surface area contributed by atoms with Gasteiger partial charge in [0.2, 0.25) is 11.7 Å². The SMILES string of the molecule is CCC(=O)C#CC1CCN(S(=O)(=O)NC(C)=O)CC1. The lowest BCUT2D eigenvalue weighted by Gasteiger charge is -2.28. The lowest BCUT2D eigenvalue weighted by molar-refractivity contribution is -0.117. The van der Waals surface area contributed by atoms with Crippen molar-refractivity contribution in [3.05, 3.63) is 0 Å². The van der Waals surface area contributed by atoms with E-state index in [4.69, 9.17) is 0 Å². The number of ketones is 1. The number of hydrogen-bond donors (Lipinski definition) is 1. The fourth-order valence-electron chi connectivity index (χ4n) is 1.76. The second kappa shape index (κ2) is 6.68. The molecule has 0 bridgehead atoms. The van der Waals surface area contributed by atoms with Crippen molar-refractivity contribution in [2.75, 3.05) is 13.1 Å². The average Bonchev–Trinajstić information content (AvgIpc) is 2.35. The van der Waals surface area contributed by atoms with Gasteiger partial charge in [0.15, 0.2) is 0 Å². The molecule has 19 heavy (non-hydrogen) atoms. The summed E-state index contributed by atoms with van der Waals surface area (Å²) in [6.07, 6.45) is 1.54. The van der Waals surface area contributed by atoms with Crippen LogP contribution in [0.3, 0.4) is 0 Å². The molecule has 0 aromatic heterocycles. The maximum atomic E-state index is 11.7. The van der Waals surface area contributed by atoms with Gasteiger partial charge < -0.3 is 0 Å². The van der Waals surface area contributed by atoms with Crippen LogP contribution >= 0.6 is 0 Å². The van der Waals surface area contributed by atoms with Crippen molar-refractivity contribution in [3.63, 3.8) is 0 Å². The minimum absolute atomic E-state index is 0.0410. The molecule has 6 nitrogen and oxygen atoms in total. The number of Topliss-reactive ketones (excluding diaryl/α,β-unsaturated/α-hetero) is 1. The van der Waals surface area contributed by atoms with Gasteiger partial charge >= 0.3 is 10.2 Å². The van der Waals surface area contributed by atoms with E-state index in [1.165, 1.54) is 4.31 Å². The van der Waals surface area contributed by atoms with Crippen molar-refractivity contribution in [3.8, 4) is 11.8 Å². The van der Waals surface area contributed by atoms with E-state index < -0.39 is 16.1 Å². The van der Waals surface area contributed by atoms with Gasteiger partial charge in [-0.25, -0.2) is 4.72 Å². The van der Waals surface area contributed by atoms with Crippen molar-refractivity contribution >= 4 is 21.9 Å². The molecule has 7 heteroatoms. The molecule has 0 saturated carbocycles. The summed E-state index contributed by atoms with van der Waals surface area (Å²) in [5.74, 6) is 4.77. The monoisotopic (exact) mass is 286 g/mol. The predicted octanol–water partition coefficient (Wildman–Crippen LogP) is 0.0618. The van der Waals surface area contributed by atoms with Gasteiger partial charge in [0, 0.05) is 32.4 Å². The van der Waals surface area contributed by atoms with Crippen LogP contribution in [0.15, 0.2) is 0 Å². The largest absolute Gasteiger partial charge is 0.303 e. The highest BCUT2D eigenvalue weighted by Gasteiger charge is 2.27. The van der Waals surface area contributed by atoms with Crippen LogP contribution in [0.1, 0.15) is 33.1 Å². The number of carbonyl (C=O) groups is 2. The molecule has 1 rings (SSSR count). The zero-order valence-electron chi connectivity index (χ0n) is 11.1. The summed E-state index contributed by atoms with van der Waals surface area (Å²) in [4.78, 5) is 21.9. The molecule has 0 atom stereocenters. The molecule has 0 spiro atoms. The van der Waals surface area contributed by atoms with E-state index in [0.29, 0.717) is 32.4 Å². The molecule has 1 aliphatic rings. The summed E-state index contributed by atoms with van der Waals surface area (Å²) >= 11 is 0. The lowest BCUT2D eigenvalue weighted by Crippen LogP contribution is -2.46. The van der Waals surface area contributed by atoms with Crippen LogP contribution in [0.25, 0.3) is 0 Å². The van der Waals surface area contributed by atoms with E-state index in [1.807, 2.05) is 4.72 Å². The van der Waals surface area contributed by atoms with Crippen LogP contribution in [0.4, 0.5) is 0 Å². The Morgan fingerprint density at radius 1 is 1.32 bits per heavy atom. The summed E-state index contributed by atoms with van der Waals surface area (Å²) in [7, 11) is -3.72. The minimum Gasteiger partial charge on any atom is -0.285 e. The second-order valence-corrected chi connectivity index (χ2v) is 6.05. The number of carbonyl (C=O) groups excluding carboxylic acids is 2. The Balaban J connectivity index is 2.55. The molecule has 106 valence electrons. The number of piperidine rings is 1. The van der Waals surface area contributed by atoms with E-state index in [9.17, 15) is 18.0 Å².